The van der Waals surface area contributed by atoms with E-state index in [-0.39, 0.29) is 23.7 Å². The molecular formula is C14H12N4O6. The highest BCUT2D eigenvalue weighted by molar-refractivity contribution is 6.46. The number of hydrogen-bond donors (Lipinski definition) is 1. The molecule has 2 heterocycles. The molecule has 2 amide bonds. The lowest BCUT2D eigenvalue weighted by molar-refractivity contribution is -0.384. The average molecular weight is 332 g/mol. The summed E-state index contributed by atoms with van der Waals surface area (Å²) < 4.78 is 4.83. The highest BCUT2D eigenvalue weighted by Crippen LogP contribution is 2.32. The highest BCUT2D eigenvalue weighted by atomic mass is 16.6. The van der Waals surface area contributed by atoms with Crippen molar-refractivity contribution in [1.82, 2.24) is 5.43 Å². The van der Waals surface area contributed by atoms with Gasteiger partial charge >= 0.3 is 5.97 Å². The molecule has 3 rings (SSSR count). The van der Waals surface area contributed by atoms with Gasteiger partial charge in [-0.2, -0.15) is 5.10 Å². The van der Waals surface area contributed by atoms with E-state index in [9.17, 15) is 24.5 Å². The fourth-order valence-corrected chi connectivity index (χ4v) is 2.66. The largest absolute Gasteiger partial charge is 0.461 e. The smallest absolute Gasteiger partial charge is 0.355 e. The van der Waals surface area contributed by atoms with Gasteiger partial charge < -0.3 is 4.74 Å². The van der Waals surface area contributed by atoms with Crippen LogP contribution in [0.4, 0.5) is 11.4 Å². The molecule has 0 aliphatic carbocycles. The quantitative estimate of drug-likeness (QED) is 0.354. The molecule has 0 saturated carbocycles. The summed E-state index contributed by atoms with van der Waals surface area (Å²) >= 11 is 0. The van der Waals surface area contributed by atoms with Crippen molar-refractivity contribution >= 4 is 34.9 Å². The summed E-state index contributed by atoms with van der Waals surface area (Å²) in [6, 6.07) is 4.13. The second-order valence-corrected chi connectivity index (χ2v) is 5.09. The van der Waals surface area contributed by atoms with Crippen molar-refractivity contribution in [2.45, 2.75) is 13.0 Å². The van der Waals surface area contributed by atoms with Crippen LogP contribution < -0.4 is 10.3 Å². The SMILES string of the molecule is CCOC(=O)C1=NN[C@@H]2C(=O)N(c3cccc([N+](=O)[O-])c3)C(=O)[C@@H]12. The molecule has 0 spiro atoms. The van der Waals surface area contributed by atoms with Crippen LogP contribution in [0, 0.1) is 16.0 Å². The number of nitro benzene ring substituents is 1. The molecule has 1 N–H and O–H groups in total. The van der Waals surface area contributed by atoms with Crippen molar-refractivity contribution in [2.24, 2.45) is 11.0 Å². The molecule has 0 unspecified atom stereocenters. The number of fused-ring (bicyclic) bond motifs is 1. The van der Waals surface area contributed by atoms with Gasteiger partial charge in [-0.05, 0) is 13.0 Å². The lowest BCUT2D eigenvalue weighted by atomic mass is 9.99. The normalized spacial score (nSPS) is 22.0. The first-order valence-corrected chi connectivity index (χ1v) is 7.08. The topological polar surface area (TPSA) is 131 Å². The minimum Gasteiger partial charge on any atom is -0.461 e. The number of anilines is 1. The third-order valence-corrected chi connectivity index (χ3v) is 3.71. The summed E-state index contributed by atoms with van der Waals surface area (Å²) in [5.74, 6) is -3.19. The zero-order valence-electron chi connectivity index (χ0n) is 12.5. The van der Waals surface area contributed by atoms with Gasteiger partial charge in [-0.3, -0.25) is 25.1 Å². The third kappa shape index (κ3) is 2.28. The number of nitrogens with one attached hydrogen (secondary N) is 1. The predicted octanol–water partition coefficient (Wildman–Crippen LogP) is -0.0249. The number of nitro groups is 1. The van der Waals surface area contributed by atoms with Crippen LogP contribution in [0.2, 0.25) is 0 Å². The molecule has 0 bridgehead atoms. The van der Waals surface area contributed by atoms with Gasteiger partial charge in [0.05, 0.1) is 17.2 Å². The van der Waals surface area contributed by atoms with Gasteiger partial charge in [-0.1, -0.05) is 6.07 Å². The van der Waals surface area contributed by atoms with E-state index in [4.69, 9.17) is 4.74 Å². The Kier molecular flexibility index (Phi) is 3.72. The van der Waals surface area contributed by atoms with Crippen LogP contribution in [-0.4, -0.2) is 41.1 Å². The zero-order chi connectivity index (χ0) is 17.4. The van der Waals surface area contributed by atoms with Gasteiger partial charge in [0.25, 0.3) is 11.6 Å². The molecule has 1 saturated heterocycles. The minimum absolute atomic E-state index is 0.0682. The molecule has 1 fully saturated rings. The maximum Gasteiger partial charge on any atom is 0.355 e. The number of hydrazone groups is 1. The Morgan fingerprint density at radius 3 is 2.83 bits per heavy atom. The number of ether oxygens (including phenoxy) is 1. The highest BCUT2D eigenvalue weighted by Gasteiger charge is 2.55. The lowest BCUT2D eigenvalue weighted by Gasteiger charge is -2.15. The molecule has 2 atom stereocenters. The monoisotopic (exact) mass is 332 g/mol. The fraction of sp³-hybridized carbons (Fsp3) is 0.286. The summed E-state index contributed by atoms with van der Waals surface area (Å²) in [6.45, 7) is 1.71. The molecule has 2 aliphatic heterocycles. The molecule has 1 aromatic rings. The molecule has 24 heavy (non-hydrogen) atoms. The Morgan fingerprint density at radius 2 is 2.17 bits per heavy atom. The van der Waals surface area contributed by atoms with Crippen molar-refractivity contribution in [2.75, 3.05) is 11.5 Å². The van der Waals surface area contributed by atoms with Gasteiger partial charge in [0.1, 0.15) is 12.0 Å². The minimum atomic E-state index is -1.10. The van der Waals surface area contributed by atoms with Crippen LogP contribution in [-0.2, 0) is 19.1 Å². The molecule has 10 heteroatoms. The number of non-ortho nitro benzene ring substituents is 1. The maximum atomic E-state index is 12.6. The van der Waals surface area contributed by atoms with Crippen LogP contribution in [0.15, 0.2) is 29.4 Å². The van der Waals surface area contributed by atoms with E-state index >= 15 is 0 Å². The third-order valence-electron chi connectivity index (χ3n) is 3.71. The van der Waals surface area contributed by atoms with Crippen LogP contribution in [0.5, 0.6) is 0 Å². The number of rotatable bonds is 4. The lowest BCUT2D eigenvalue weighted by Crippen LogP contribution is -2.36. The van der Waals surface area contributed by atoms with Crippen LogP contribution in [0.1, 0.15) is 6.92 Å². The zero-order valence-corrected chi connectivity index (χ0v) is 12.5. The van der Waals surface area contributed by atoms with E-state index < -0.39 is 34.7 Å². The first-order valence-electron chi connectivity index (χ1n) is 7.08. The second-order valence-electron chi connectivity index (χ2n) is 5.09. The van der Waals surface area contributed by atoms with Gasteiger partial charge in [0, 0.05) is 12.1 Å². The molecular weight excluding hydrogens is 320 g/mol. The molecule has 10 nitrogen and oxygen atoms in total. The Balaban J connectivity index is 1.94. The Bertz CT molecular complexity index is 789. The van der Waals surface area contributed by atoms with E-state index in [1.807, 2.05) is 0 Å². The van der Waals surface area contributed by atoms with Gasteiger partial charge in [0.15, 0.2) is 5.71 Å². The van der Waals surface area contributed by atoms with Crippen molar-refractivity contribution in [3.05, 3.63) is 34.4 Å². The number of carbonyl (C=O) groups is 3. The van der Waals surface area contributed by atoms with E-state index in [1.165, 1.54) is 18.2 Å². The van der Waals surface area contributed by atoms with Crippen LogP contribution in [0.25, 0.3) is 0 Å². The van der Waals surface area contributed by atoms with Crippen LogP contribution in [0.3, 0.4) is 0 Å². The summed E-state index contributed by atoms with van der Waals surface area (Å²) in [4.78, 5) is 48.0. The van der Waals surface area contributed by atoms with Gasteiger partial charge in [-0.15, -0.1) is 0 Å². The van der Waals surface area contributed by atoms with Gasteiger partial charge in [-0.25, -0.2) is 9.69 Å². The standard InChI is InChI=1S/C14H12N4O6/c1-2-24-14(21)11-9-10(15-16-11)13(20)17(12(9)19)7-4-3-5-8(6-7)18(22)23/h3-6,9-10,15H,2H2,1H3/t9-,10+/m1/s1. The van der Waals surface area contributed by atoms with E-state index in [0.29, 0.717) is 0 Å². The number of hydrogen-bond acceptors (Lipinski definition) is 8. The van der Waals surface area contributed by atoms with Crippen molar-refractivity contribution in [3.63, 3.8) is 0 Å². The van der Waals surface area contributed by atoms with Gasteiger partial charge in [0.2, 0.25) is 5.91 Å². The Labute approximate surface area is 135 Å². The number of amides is 2. The number of nitrogens with zero attached hydrogens (tertiary/aromatic N) is 3. The van der Waals surface area contributed by atoms with Crippen molar-refractivity contribution in [3.8, 4) is 0 Å². The Hall–Kier alpha value is -3.30. The number of benzene rings is 1. The first-order chi connectivity index (χ1) is 11.5. The average Bonchev–Trinajstić information content (AvgIpc) is 3.09. The molecule has 124 valence electrons. The molecule has 1 aromatic carbocycles. The molecule has 0 aromatic heterocycles. The molecule has 0 radical (unpaired) electrons. The number of imide groups is 1. The van der Waals surface area contributed by atoms with E-state index in [2.05, 4.69) is 10.5 Å². The second kappa shape index (κ2) is 5.72. The predicted molar refractivity (Wildman–Crippen MR) is 80.1 cm³/mol. The fourth-order valence-electron chi connectivity index (χ4n) is 2.66. The summed E-state index contributed by atoms with van der Waals surface area (Å²) in [7, 11) is 0. The summed E-state index contributed by atoms with van der Waals surface area (Å²) in [5, 5.41) is 14.6. The maximum absolute atomic E-state index is 12.6. The number of carbonyl (C=O) groups excluding carboxylic acids is 3. The first kappa shape index (κ1) is 15.6. The van der Waals surface area contributed by atoms with Crippen molar-refractivity contribution in [1.29, 1.82) is 0 Å². The van der Waals surface area contributed by atoms with Crippen molar-refractivity contribution < 1.29 is 24.0 Å². The van der Waals surface area contributed by atoms with E-state index in [1.54, 1.807) is 6.92 Å². The number of esters is 1. The van der Waals surface area contributed by atoms with E-state index in [0.717, 1.165) is 11.0 Å². The van der Waals surface area contributed by atoms with Crippen LogP contribution >= 0.6 is 0 Å². The summed E-state index contributed by atoms with van der Waals surface area (Å²) in [6.07, 6.45) is 0. The Morgan fingerprint density at radius 1 is 1.42 bits per heavy atom. The molecule has 2 aliphatic rings. The summed E-state index contributed by atoms with van der Waals surface area (Å²) in [5.41, 5.74) is 2.11.